The molecule has 0 atom stereocenters. The zero-order chi connectivity index (χ0) is 17.5. The first-order valence-electron chi connectivity index (χ1n) is 8.25. The lowest BCUT2D eigenvalue weighted by Gasteiger charge is -2.33. The summed E-state index contributed by atoms with van der Waals surface area (Å²) in [6, 6.07) is 0. The Labute approximate surface area is 140 Å². The van der Waals surface area contributed by atoms with Gasteiger partial charge in [0.25, 0.3) is 5.91 Å². The number of nitrogens with zero attached hydrogens (tertiary/aromatic N) is 2. The number of unbranched alkanes of at least 4 members (excludes halogenated alkanes) is 4. The summed E-state index contributed by atoms with van der Waals surface area (Å²) in [4.78, 5) is 12.1. The Morgan fingerprint density at radius 2 is 1.35 bits per heavy atom. The van der Waals surface area contributed by atoms with Crippen molar-refractivity contribution in [2.24, 2.45) is 0 Å². The molecule has 0 spiro atoms. The number of sulfonamides is 2. The van der Waals surface area contributed by atoms with Gasteiger partial charge in [0.1, 0.15) is 0 Å². The lowest BCUT2D eigenvalue weighted by atomic mass is 10.3. The summed E-state index contributed by atoms with van der Waals surface area (Å²) in [6.07, 6.45) is 4.49. The minimum atomic E-state index is -3.63. The van der Waals surface area contributed by atoms with E-state index in [1.165, 1.54) is 0 Å². The number of hydrogen-bond donors (Lipinski definition) is 0. The van der Waals surface area contributed by atoms with Crippen molar-refractivity contribution in [2.75, 3.05) is 31.1 Å². The van der Waals surface area contributed by atoms with Gasteiger partial charge in [0, 0.05) is 6.54 Å². The van der Waals surface area contributed by atoms with E-state index >= 15 is 0 Å². The molecule has 136 valence electrons. The highest BCUT2D eigenvalue weighted by atomic mass is 32.2. The minimum Gasteiger partial charge on any atom is -0.272 e. The summed E-state index contributed by atoms with van der Waals surface area (Å²) in [5, 5.41) is 0. The normalized spacial score (nSPS) is 17.7. The quantitative estimate of drug-likeness (QED) is 0.540. The molecule has 1 amide bonds. The average Bonchev–Trinajstić information content (AvgIpc) is 2.47. The van der Waals surface area contributed by atoms with Crippen molar-refractivity contribution >= 4 is 26.0 Å². The lowest BCUT2D eigenvalue weighted by molar-refractivity contribution is -0.128. The molecule has 1 aliphatic heterocycles. The number of amides is 1. The largest absolute Gasteiger partial charge is 0.272 e. The predicted octanol–water partition coefficient (Wildman–Crippen LogP) is 1.17. The number of piperazine rings is 1. The summed E-state index contributed by atoms with van der Waals surface area (Å²) >= 11 is 0. The first-order valence-corrected chi connectivity index (χ1v) is 11.5. The molecule has 0 aromatic carbocycles. The monoisotopic (exact) mass is 368 g/mol. The van der Waals surface area contributed by atoms with Gasteiger partial charge >= 0.3 is 0 Å². The molecule has 0 N–H and O–H groups in total. The second-order valence-corrected chi connectivity index (χ2v) is 9.95. The van der Waals surface area contributed by atoms with Crippen molar-refractivity contribution in [2.45, 2.75) is 52.4 Å². The molecule has 0 bridgehead atoms. The van der Waals surface area contributed by atoms with E-state index in [-0.39, 0.29) is 31.1 Å². The standard InChI is InChI=1S/C14H28N2O5S2/c1-3-5-7-11-22(18,19)15-9-10-16(14(17)13-15)23(20,21)12-8-6-4-2/h3-13H2,1-2H3. The molecule has 0 radical (unpaired) electrons. The van der Waals surface area contributed by atoms with Crippen LogP contribution in [0.1, 0.15) is 52.4 Å². The van der Waals surface area contributed by atoms with Crippen molar-refractivity contribution in [3.8, 4) is 0 Å². The zero-order valence-corrected chi connectivity index (χ0v) is 15.7. The fraction of sp³-hybridized carbons (Fsp3) is 0.929. The van der Waals surface area contributed by atoms with Crippen LogP contribution in [0.3, 0.4) is 0 Å². The minimum absolute atomic E-state index is 0.0113. The molecule has 0 aromatic heterocycles. The molecular weight excluding hydrogens is 340 g/mol. The Balaban J connectivity index is 2.64. The van der Waals surface area contributed by atoms with Crippen LogP contribution in [0.4, 0.5) is 0 Å². The predicted molar refractivity (Wildman–Crippen MR) is 89.9 cm³/mol. The maximum atomic E-state index is 12.2. The molecule has 0 aromatic rings. The van der Waals surface area contributed by atoms with Crippen molar-refractivity contribution in [3.05, 3.63) is 0 Å². The van der Waals surface area contributed by atoms with E-state index in [9.17, 15) is 21.6 Å². The van der Waals surface area contributed by atoms with Gasteiger partial charge in [0.15, 0.2) is 0 Å². The second-order valence-electron chi connectivity index (χ2n) is 5.85. The Kier molecular flexibility index (Phi) is 7.96. The Hall–Kier alpha value is -0.670. The van der Waals surface area contributed by atoms with Crippen LogP contribution >= 0.6 is 0 Å². The molecular formula is C14H28N2O5S2. The van der Waals surface area contributed by atoms with Crippen LogP contribution in [-0.4, -0.2) is 62.5 Å². The van der Waals surface area contributed by atoms with E-state index in [0.717, 1.165) is 34.3 Å². The molecule has 0 unspecified atom stereocenters. The van der Waals surface area contributed by atoms with Crippen molar-refractivity contribution < 1.29 is 21.6 Å². The maximum absolute atomic E-state index is 12.2. The summed E-state index contributed by atoms with van der Waals surface area (Å²) < 4.78 is 50.7. The topological polar surface area (TPSA) is 91.8 Å². The Bertz CT molecular complexity index is 586. The molecule has 1 saturated heterocycles. The highest BCUT2D eigenvalue weighted by Crippen LogP contribution is 2.15. The Morgan fingerprint density at radius 1 is 0.826 bits per heavy atom. The molecule has 1 fully saturated rings. The van der Waals surface area contributed by atoms with E-state index in [4.69, 9.17) is 0 Å². The number of carbonyl (C=O) groups excluding carboxylic acids is 1. The molecule has 7 nitrogen and oxygen atoms in total. The highest BCUT2D eigenvalue weighted by Gasteiger charge is 2.36. The molecule has 1 aliphatic rings. The third-order valence-corrected chi connectivity index (χ3v) is 7.65. The van der Waals surface area contributed by atoms with Crippen LogP contribution in [0.15, 0.2) is 0 Å². The van der Waals surface area contributed by atoms with Gasteiger partial charge in [-0.3, -0.25) is 4.79 Å². The number of hydrogen-bond acceptors (Lipinski definition) is 5. The molecule has 23 heavy (non-hydrogen) atoms. The van der Waals surface area contributed by atoms with E-state index in [2.05, 4.69) is 0 Å². The van der Waals surface area contributed by atoms with E-state index < -0.39 is 26.0 Å². The van der Waals surface area contributed by atoms with Crippen LogP contribution in [0, 0.1) is 0 Å². The smallest absolute Gasteiger partial charge is 0.251 e. The van der Waals surface area contributed by atoms with Crippen LogP contribution < -0.4 is 0 Å². The zero-order valence-electron chi connectivity index (χ0n) is 14.0. The van der Waals surface area contributed by atoms with Crippen molar-refractivity contribution in [1.29, 1.82) is 0 Å². The molecule has 0 aliphatic carbocycles. The second kappa shape index (κ2) is 8.98. The van der Waals surface area contributed by atoms with Gasteiger partial charge in [-0.05, 0) is 12.8 Å². The first kappa shape index (κ1) is 20.4. The summed E-state index contributed by atoms with van der Waals surface area (Å²) in [6.45, 7) is 3.55. The van der Waals surface area contributed by atoms with Crippen LogP contribution in [-0.2, 0) is 24.8 Å². The van der Waals surface area contributed by atoms with Gasteiger partial charge in [-0.1, -0.05) is 39.5 Å². The van der Waals surface area contributed by atoms with Gasteiger partial charge in [0.05, 0.1) is 24.6 Å². The van der Waals surface area contributed by atoms with Crippen LogP contribution in [0.5, 0.6) is 0 Å². The highest BCUT2D eigenvalue weighted by molar-refractivity contribution is 7.90. The fourth-order valence-electron chi connectivity index (χ4n) is 2.48. The fourth-order valence-corrected chi connectivity index (χ4v) is 5.49. The molecule has 1 rings (SSSR count). The summed E-state index contributed by atoms with van der Waals surface area (Å²) in [7, 11) is -7.12. The van der Waals surface area contributed by atoms with Crippen molar-refractivity contribution in [1.82, 2.24) is 8.61 Å². The SMILES string of the molecule is CCCCCS(=O)(=O)N1CCN(S(=O)(=O)CCCCC)C(=O)C1. The molecule has 9 heteroatoms. The maximum Gasteiger partial charge on any atom is 0.251 e. The third-order valence-electron chi connectivity index (χ3n) is 3.88. The summed E-state index contributed by atoms with van der Waals surface area (Å²) in [5.74, 6) is -0.695. The molecule has 0 saturated carbocycles. The lowest BCUT2D eigenvalue weighted by Crippen LogP contribution is -2.54. The molecule has 1 heterocycles. The van der Waals surface area contributed by atoms with Gasteiger partial charge in [0.2, 0.25) is 20.0 Å². The van der Waals surface area contributed by atoms with Crippen molar-refractivity contribution in [3.63, 3.8) is 0 Å². The van der Waals surface area contributed by atoms with E-state index in [1.54, 1.807) is 0 Å². The first-order chi connectivity index (χ1) is 10.7. The van der Waals surface area contributed by atoms with Crippen LogP contribution in [0.2, 0.25) is 0 Å². The van der Waals surface area contributed by atoms with Gasteiger partial charge in [-0.25, -0.2) is 21.1 Å². The van der Waals surface area contributed by atoms with Gasteiger partial charge in [-0.2, -0.15) is 4.31 Å². The van der Waals surface area contributed by atoms with Crippen LogP contribution in [0.25, 0.3) is 0 Å². The van der Waals surface area contributed by atoms with Gasteiger partial charge in [-0.15, -0.1) is 0 Å². The third kappa shape index (κ3) is 6.04. The number of carbonyl (C=O) groups is 1. The van der Waals surface area contributed by atoms with Gasteiger partial charge < -0.3 is 0 Å². The van der Waals surface area contributed by atoms with E-state index in [1.807, 2.05) is 13.8 Å². The van der Waals surface area contributed by atoms with E-state index in [0.29, 0.717) is 12.8 Å². The summed E-state index contributed by atoms with van der Waals surface area (Å²) in [5.41, 5.74) is 0. The number of rotatable bonds is 10. The Morgan fingerprint density at radius 3 is 1.83 bits per heavy atom. The average molecular weight is 369 g/mol.